The Kier molecular flexibility index (Phi) is 2.36. The van der Waals surface area contributed by atoms with Crippen LogP contribution in [-0.4, -0.2) is 57.8 Å². The number of fused-ring (bicyclic) bond motifs is 2. The molecule has 0 radical (unpaired) electrons. The fourth-order valence-corrected chi connectivity index (χ4v) is 7.81. The number of carbonyl (C=O) groups is 1. The van der Waals surface area contributed by atoms with Crippen molar-refractivity contribution in [1.82, 2.24) is 4.90 Å². The minimum atomic E-state index is -0.878. The molecule has 0 aromatic heterocycles. The maximum Gasteiger partial charge on any atom is 0.174 e. The van der Waals surface area contributed by atoms with Gasteiger partial charge in [0.1, 0.15) is 17.5 Å². The van der Waals surface area contributed by atoms with Gasteiger partial charge in [-0.1, -0.05) is 6.08 Å². The molecule has 1 saturated heterocycles. The number of hydrogen-bond donors (Lipinski definition) is 2. The SMILES string of the molecule is O=C1CCC23CN(CC4CC4)C4CC5=CCC(O)C6=C5[C@@](C2)([C@H]1O6)[C@]43O. The fourth-order valence-electron chi connectivity index (χ4n) is 7.81. The van der Waals surface area contributed by atoms with Gasteiger partial charge in [0, 0.05) is 36.5 Å². The first-order chi connectivity index (χ1) is 12.5. The molecule has 5 saturated carbocycles. The summed E-state index contributed by atoms with van der Waals surface area (Å²) >= 11 is 0. The van der Waals surface area contributed by atoms with Gasteiger partial charge in [-0.3, -0.25) is 9.69 Å². The second kappa shape index (κ2) is 4.13. The Morgan fingerprint density at radius 1 is 1.35 bits per heavy atom. The Morgan fingerprint density at radius 2 is 2.19 bits per heavy atom. The third-order valence-corrected chi connectivity index (χ3v) is 8.88. The number of aliphatic hydroxyl groups is 2. The summed E-state index contributed by atoms with van der Waals surface area (Å²) < 4.78 is 6.17. The standard InChI is InChI=1S/C21H25NO4/c23-13-4-3-12-7-15-21(25)19(10-22(15)8-11-1-2-11)6-5-14(24)18-20(21,9-19)16(12)17(13)26-18/h3,11,13,15,18,23,25H,1-2,4-10H2/t13?,15?,18-,19?,20-,21-/m0/s1. The molecule has 138 valence electrons. The van der Waals surface area contributed by atoms with Gasteiger partial charge in [0.15, 0.2) is 11.9 Å². The number of Topliss-reactive ketones (excluding diaryl/α,β-unsaturated/α-hetero) is 1. The second-order valence-corrected chi connectivity index (χ2v) is 9.97. The quantitative estimate of drug-likeness (QED) is 0.781. The first kappa shape index (κ1) is 14.8. The Bertz CT molecular complexity index is 828. The van der Waals surface area contributed by atoms with Crippen molar-refractivity contribution in [2.45, 2.75) is 68.8 Å². The van der Waals surface area contributed by atoms with Gasteiger partial charge in [0.25, 0.3) is 0 Å². The summed E-state index contributed by atoms with van der Waals surface area (Å²) in [6, 6.07) is 0.0958. The lowest BCUT2D eigenvalue weighted by Crippen LogP contribution is -2.77. The van der Waals surface area contributed by atoms with Crippen LogP contribution in [0.4, 0.5) is 0 Å². The molecule has 26 heavy (non-hydrogen) atoms. The van der Waals surface area contributed by atoms with E-state index in [0.29, 0.717) is 18.6 Å². The highest BCUT2D eigenvalue weighted by atomic mass is 16.5. The zero-order valence-corrected chi connectivity index (χ0v) is 14.9. The van der Waals surface area contributed by atoms with Crippen molar-refractivity contribution in [1.29, 1.82) is 0 Å². The topological polar surface area (TPSA) is 70.0 Å². The molecule has 5 nitrogen and oxygen atoms in total. The molecule has 3 unspecified atom stereocenters. The van der Waals surface area contributed by atoms with Crippen molar-refractivity contribution in [3.05, 3.63) is 23.0 Å². The van der Waals surface area contributed by atoms with Gasteiger partial charge in [0.05, 0.1) is 5.41 Å². The Hall–Kier alpha value is -1.17. The van der Waals surface area contributed by atoms with E-state index in [9.17, 15) is 15.0 Å². The molecule has 2 N–H and O–H groups in total. The summed E-state index contributed by atoms with van der Waals surface area (Å²) in [5, 5.41) is 22.8. The maximum atomic E-state index is 13.0. The number of aliphatic hydroxyl groups excluding tert-OH is 1. The van der Waals surface area contributed by atoms with E-state index in [4.69, 9.17) is 4.74 Å². The average molecular weight is 355 g/mol. The lowest BCUT2D eigenvalue weighted by atomic mass is 9.36. The van der Waals surface area contributed by atoms with E-state index in [0.717, 1.165) is 43.8 Å². The molecule has 6 aliphatic carbocycles. The van der Waals surface area contributed by atoms with E-state index in [1.165, 1.54) is 18.4 Å². The molecule has 2 spiro atoms. The Balaban J connectivity index is 1.46. The van der Waals surface area contributed by atoms with Crippen LogP contribution < -0.4 is 0 Å². The molecule has 0 aromatic carbocycles. The number of nitrogens with zero attached hydrogens (tertiary/aromatic N) is 1. The summed E-state index contributed by atoms with van der Waals surface area (Å²) in [6.07, 6.45) is 7.03. The van der Waals surface area contributed by atoms with E-state index < -0.39 is 23.2 Å². The van der Waals surface area contributed by atoms with Crippen molar-refractivity contribution in [2.24, 2.45) is 16.7 Å². The monoisotopic (exact) mass is 355 g/mol. The molecule has 6 fully saturated rings. The summed E-state index contributed by atoms with van der Waals surface area (Å²) in [5.41, 5.74) is 0.589. The van der Waals surface area contributed by atoms with E-state index in [1.54, 1.807) is 0 Å². The van der Waals surface area contributed by atoms with Gasteiger partial charge < -0.3 is 14.9 Å². The predicted octanol–water partition coefficient (Wildman–Crippen LogP) is 1.30. The molecule has 8 rings (SSSR count). The first-order valence-corrected chi connectivity index (χ1v) is 10.3. The van der Waals surface area contributed by atoms with E-state index in [-0.39, 0.29) is 17.2 Å². The highest BCUT2D eigenvalue weighted by Crippen LogP contribution is 2.80. The van der Waals surface area contributed by atoms with Crippen LogP contribution in [0.5, 0.6) is 0 Å². The number of rotatable bonds is 2. The van der Waals surface area contributed by atoms with Crippen LogP contribution in [0.2, 0.25) is 0 Å². The zero-order chi connectivity index (χ0) is 17.5. The Morgan fingerprint density at radius 3 is 3.00 bits per heavy atom. The van der Waals surface area contributed by atoms with Crippen molar-refractivity contribution in [3.63, 3.8) is 0 Å². The van der Waals surface area contributed by atoms with Crippen molar-refractivity contribution in [2.75, 3.05) is 13.1 Å². The van der Waals surface area contributed by atoms with E-state index >= 15 is 0 Å². The van der Waals surface area contributed by atoms with Crippen LogP contribution in [0.1, 0.15) is 44.9 Å². The van der Waals surface area contributed by atoms with E-state index in [1.807, 2.05) is 0 Å². The smallest absolute Gasteiger partial charge is 0.174 e. The van der Waals surface area contributed by atoms with Gasteiger partial charge in [-0.05, 0) is 50.0 Å². The summed E-state index contributed by atoms with van der Waals surface area (Å²) in [5.74, 6) is 1.52. The third-order valence-electron chi connectivity index (χ3n) is 8.88. The Labute approximate surface area is 152 Å². The van der Waals surface area contributed by atoms with Gasteiger partial charge >= 0.3 is 0 Å². The van der Waals surface area contributed by atoms with Crippen LogP contribution in [-0.2, 0) is 9.53 Å². The second-order valence-electron chi connectivity index (χ2n) is 9.97. The molecule has 5 heteroatoms. The van der Waals surface area contributed by atoms with Crippen LogP contribution in [0.3, 0.4) is 0 Å². The minimum absolute atomic E-state index is 0.0958. The largest absolute Gasteiger partial charge is 0.483 e. The summed E-state index contributed by atoms with van der Waals surface area (Å²) in [6.45, 7) is 2.01. The first-order valence-electron chi connectivity index (χ1n) is 10.3. The minimum Gasteiger partial charge on any atom is -0.483 e. The molecule has 6 atom stereocenters. The normalized spacial score (nSPS) is 53.7. The number of ketones is 1. The number of carbonyl (C=O) groups excluding carboxylic acids is 1. The number of ether oxygens (including phenoxy) is 1. The summed E-state index contributed by atoms with van der Waals surface area (Å²) in [7, 11) is 0. The highest BCUT2D eigenvalue weighted by molar-refractivity contribution is 5.88. The van der Waals surface area contributed by atoms with Gasteiger partial charge in [-0.25, -0.2) is 0 Å². The number of hydrogen-bond acceptors (Lipinski definition) is 5. The summed E-state index contributed by atoms with van der Waals surface area (Å²) in [4.78, 5) is 15.5. The fraction of sp³-hybridized carbons (Fsp3) is 0.762. The van der Waals surface area contributed by atoms with Crippen LogP contribution in [0, 0.1) is 16.7 Å². The average Bonchev–Trinajstić information content (AvgIpc) is 3.33. The molecule has 2 heterocycles. The van der Waals surface area contributed by atoms with Gasteiger partial charge in [-0.15, -0.1) is 0 Å². The molecule has 2 bridgehead atoms. The highest BCUT2D eigenvalue weighted by Gasteiger charge is 2.88. The van der Waals surface area contributed by atoms with Gasteiger partial charge in [0.2, 0.25) is 0 Å². The van der Waals surface area contributed by atoms with Crippen LogP contribution in [0.15, 0.2) is 23.0 Å². The molecule has 2 aliphatic heterocycles. The van der Waals surface area contributed by atoms with Gasteiger partial charge in [-0.2, -0.15) is 0 Å². The lowest BCUT2D eigenvalue weighted by molar-refractivity contribution is -0.262. The molecule has 8 aliphatic rings. The maximum absolute atomic E-state index is 13.0. The molecule has 0 aromatic rings. The van der Waals surface area contributed by atoms with Crippen LogP contribution in [0.25, 0.3) is 0 Å². The molecular weight excluding hydrogens is 330 g/mol. The number of likely N-dealkylation sites (tertiary alicyclic amines) is 1. The van der Waals surface area contributed by atoms with E-state index in [2.05, 4.69) is 11.0 Å². The third kappa shape index (κ3) is 1.29. The molecular formula is C21H25NO4. The van der Waals surface area contributed by atoms with Crippen LogP contribution >= 0.6 is 0 Å². The molecule has 0 amide bonds. The lowest BCUT2D eigenvalue weighted by Gasteiger charge is -2.68. The van der Waals surface area contributed by atoms with Crippen molar-refractivity contribution < 1.29 is 19.7 Å². The predicted molar refractivity (Wildman–Crippen MR) is 92.0 cm³/mol. The zero-order valence-electron chi connectivity index (χ0n) is 14.9. The van der Waals surface area contributed by atoms with Crippen molar-refractivity contribution in [3.8, 4) is 0 Å². The van der Waals surface area contributed by atoms with Crippen molar-refractivity contribution >= 4 is 5.78 Å².